The lowest BCUT2D eigenvalue weighted by atomic mass is 10.1. The number of para-hydroxylation sites is 1. The second-order valence-corrected chi connectivity index (χ2v) is 7.18. The Morgan fingerprint density at radius 3 is 2.39 bits per heavy atom. The van der Waals surface area contributed by atoms with Crippen LogP contribution < -0.4 is 5.32 Å². The van der Waals surface area contributed by atoms with Gasteiger partial charge in [0, 0.05) is 12.7 Å². The lowest BCUT2D eigenvalue weighted by molar-refractivity contribution is -0.115. The third kappa shape index (κ3) is 3.84. The minimum atomic E-state index is -0.478. The molecule has 4 rings (SSSR count). The molecule has 0 aliphatic carbocycles. The number of amides is 1. The SMILES string of the molecule is Cn1c(SC(C(=O)Nc2ccccc2)c2ccccc2)nnc1-c1ccco1. The normalized spacial score (nSPS) is 11.9. The van der Waals surface area contributed by atoms with Crippen LogP contribution in [0.1, 0.15) is 10.8 Å². The minimum absolute atomic E-state index is 0.120. The summed E-state index contributed by atoms with van der Waals surface area (Å²) >= 11 is 1.35. The number of nitrogens with one attached hydrogen (secondary N) is 1. The summed E-state index contributed by atoms with van der Waals surface area (Å²) in [5.74, 6) is 1.12. The molecule has 28 heavy (non-hydrogen) atoms. The Labute approximate surface area is 166 Å². The third-order valence-corrected chi connectivity index (χ3v) is 5.47. The summed E-state index contributed by atoms with van der Waals surface area (Å²) in [7, 11) is 1.86. The van der Waals surface area contributed by atoms with Gasteiger partial charge in [0.15, 0.2) is 16.7 Å². The molecule has 1 atom stereocenters. The van der Waals surface area contributed by atoms with E-state index in [1.54, 1.807) is 12.3 Å². The molecule has 2 heterocycles. The van der Waals surface area contributed by atoms with E-state index in [-0.39, 0.29) is 5.91 Å². The van der Waals surface area contributed by atoms with Gasteiger partial charge in [0.2, 0.25) is 5.91 Å². The van der Waals surface area contributed by atoms with Crippen molar-refractivity contribution in [2.75, 3.05) is 5.32 Å². The van der Waals surface area contributed by atoms with Crippen molar-refractivity contribution in [2.24, 2.45) is 7.05 Å². The van der Waals surface area contributed by atoms with Crippen molar-refractivity contribution in [3.63, 3.8) is 0 Å². The second kappa shape index (κ2) is 8.14. The molecular weight excluding hydrogens is 372 g/mol. The molecule has 1 unspecified atom stereocenters. The number of rotatable bonds is 6. The van der Waals surface area contributed by atoms with E-state index in [1.165, 1.54) is 11.8 Å². The van der Waals surface area contributed by atoms with E-state index < -0.39 is 5.25 Å². The van der Waals surface area contributed by atoms with E-state index in [0.29, 0.717) is 16.7 Å². The molecule has 1 amide bonds. The van der Waals surface area contributed by atoms with Crippen molar-refractivity contribution < 1.29 is 9.21 Å². The lowest BCUT2D eigenvalue weighted by Crippen LogP contribution is -2.19. The zero-order chi connectivity index (χ0) is 19.3. The van der Waals surface area contributed by atoms with E-state index in [2.05, 4.69) is 15.5 Å². The van der Waals surface area contributed by atoms with Crippen LogP contribution in [0.4, 0.5) is 5.69 Å². The number of carbonyl (C=O) groups excluding carboxylic acids is 1. The molecular formula is C21H18N4O2S. The largest absolute Gasteiger partial charge is 0.461 e. The van der Waals surface area contributed by atoms with Crippen LogP contribution in [0.5, 0.6) is 0 Å². The molecule has 0 radical (unpaired) electrons. The van der Waals surface area contributed by atoms with E-state index in [1.807, 2.05) is 78.3 Å². The number of hydrogen-bond acceptors (Lipinski definition) is 5. The van der Waals surface area contributed by atoms with E-state index in [4.69, 9.17) is 4.42 Å². The summed E-state index contributed by atoms with van der Waals surface area (Å²) in [6, 6.07) is 22.7. The van der Waals surface area contributed by atoms with Gasteiger partial charge in [0.25, 0.3) is 0 Å². The summed E-state index contributed by atoms with van der Waals surface area (Å²) in [6.45, 7) is 0. The van der Waals surface area contributed by atoms with Crippen LogP contribution in [0.15, 0.2) is 88.6 Å². The van der Waals surface area contributed by atoms with Crippen LogP contribution in [0.2, 0.25) is 0 Å². The minimum Gasteiger partial charge on any atom is -0.461 e. The number of benzene rings is 2. The maximum atomic E-state index is 13.1. The summed E-state index contributed by atoms with van der Waals surface area (Å²) < 4.78 is 7.25. The van der Waals surface area contributed by atoms with Crippen molar-refractivity contribution in [1.29, 1.82) is 0 Å². The van der Waals surface area contributed by atoms with Crippen LogP contribution in [0, 0.1) is 0 Å². The quantitative estimate of drug-likeness (QED) is 0.489. The average Bonchev–Trinajstić information content (AvgIpc) is 3.37. The molecule has 2 aromatic carbocycles. The first-order valence-corrected chi connectivity index (χ1v) is 9.61. The van der Waals surface area contributed by atoms with Crippen molar-refractivity contribution in [1.82, 2.24) is 14.8 Å². The molecule has 0 saturated heterocycles. The van der Waals surface area contributed by atoms with Gasteiger partial charge in [-0.1, -0.05) is 60.3 Å². The molecule has 7 heteroatoms. The van der Waals surface area contributed by atoms with E-state index >= 15 is 0 Å². The molecule has 0 spiro atoms. The zero-order valence-electron chi connectivity index (χ0n) is 15.1. The smallest absolute Gasteiger partial charge is 0.242 e. The fourth-order valence-corrected chi connectivity index (χ4v) is 3.78. The topological polar surface area (TPSA) is 73.0 Å². The molecule has 0 bridgehead atoms. The molecule has 0 aliphatic rings. The van der Waals surface area contributed by atoms with Crippen molar-refractivity contribution in [3.05, 3.63) is 84.6 Å². The summed E-state index contributed by atoms with van der Waals surface area (Å²) in [4.78, 5) is 13.1. The number of furan rings is 1. The van der Waals surface area contributed by atoms with E-state index in [9.17, 15) is 4.79 Å². The molecule has 6 nitrogen and oxygen atoms in total. The molecule has 140 valence electrons. The standard InChI is InChI=1S/C21H18N4O2S/c1-25-19(17-13-8-14-27-17)23-24-21(25)28-18(15-9-4-2-5-10-15)20(26)22-16-11-6-3-7-12-16/h2-14,18H,1H3,(H,22,26). The molecule has 4 aromatic rings. The van der Waals surface area contributed by atoms with Gasteiger partial charge >= 0.3 is 0 Å². The monoisotopic (exact) mass is 390 g/mol. The molecule has 0 fully saturated rings. The van der Waals surface area contributed by atoms with Crippen LogP contribution >= 0.6 is 11.8 Å². The van der Waals surface area contributed by atoms with Gasteiger partial charge in [-0.05, 0) is 29.8 Å². The lowest BCUT2D eigenvalue weighted by Gasteiger charge is -2.16. The first-order chi connectivity index (χ1) is 13.7. The van der Waals surface area contributed by atoms with Gasteiger partial charge in [0.1, 0.15) is 5.25 Å². The number of carbonyl (C=O) groups is 1. The Kier molecular flexibility index (Phi) is 5.25. The first kappa shape index (κ1) is 18.1. The predicted octanol–water partition coefficient (Wildman–Crippen LogP) is 4.55. The number of hydrogen-bond donors (Lipinski definition) is 1. The highest BCUT2D eigenvalue weighted by Crippen LogP contribution is 2.36. The molecule has 0 saturated carbocycles. The second-order valence-electron chi connectivity index (χ2n) is 6.11. The summed E-state index contributed by atoms with van der Waals surface area (Å²) in [5, 5.41) is 11.6. The van der Waals surface area contributed by atoms with Gasteiger partial charge in [-0.25, -0.2) is 0 Å². The van der Waals surface area contributed by atoms with Crippen LogP contribution in [0.25, 0.3) is 11.6 Å². The summed E-state index contributed by atoms with van der Waals surface area (Å²) in [6.07, 6.45) is 1.59. The van der Waals surface area contributed by atoms with E-state index in [0.717, 1.165) is 11.3 Å². The van der Waals surface area contributed by atoms with Crippen LogP contribution in [-0.2, 0) is 11.8 Å². The maximum Gasteiger partial charge on any atom is 0.242 e. The fourth-order valence-electron chi connectivity index (χ4n) is 2.77. The maximum absolute atomic E-state index is 13.1. The van der Waals surface area contributed by atoms with Crippen molar-refractivity contribution in [3.8, 4) is 11.6 Å². The predicted molar refractivity (Wildman–Crippen MR) is 109 cm³/mol. The molecule has 1 N–H and O–H groups in total. The van der Waals surface area contributed by atoms with Gasteiger partial charge in [0.05, 0.1) is 6.26 Å². The van der Waals surface area contributed by atoms with Gasteiger partial charge in [-0.3, -0.25) is 4.79 Å². The van der Waals surface area contributed by atoms with Gasteiger partial charge in [-0.15, -0.1) is 10.2 Å². The number of anilines is 1. The zero-order valence-corrected chi connectivity index (χ0v) is 16.0. The number of aromatic nitrogens is 3. The summed E-state index contributed by atoms with van der Waals surface area (Å²) in [5.41, 5.74) is 1.65. The Bertz CT molecular complexity index is 1050. The van der Waals surface area contributed by atoms with Crippen LogP contribution in [-0.4, -0.2) is 20.7 Å². The number of thioether (sulfide) groups is 1. The Hall–Kier alpha value is -3.32. The highest BCUT2D eigenvalue weighted by Gasteiger charge is 2.25. The third-order valence-electron chi connectivity index (χ3n) is 4.18. The number of nitrogens with zero attached hydrogens (tertiary/aromatic N) is 3. The molecule has 0 aliphatic heterocycles. The average molecular weight is 390 g/mol. The highest BCUT2D eigenvalue weighted by atomic mass is 32.2. The van der Waals surface area contributed by atoms with Crippen molar-refractivity contribution in [2.45, 2.75) is 10.4 Å². The first-order valence-electron chi connectivity index (χ1n) is 8.73. The Morgan fingerprint density at radius 1 is 1.00 bits per heavy atom. The highest BCUT2D eigenvalue weighted by molar-refractivity contribution is 8.00. The van der Waals surface area contributed by atoms with Gasteiger partial charge in [-0.2, -0.15) is 0 Å². The Balaban J connectivity index is 1.62. The van der Waals surface area contributed by atoms with Gasteiger partial charge < -0.3 is 14.3 Å². The van der Waals surface area contributed by atoms with Crippen LogP contribution in [0.3, 0.4) is 0 Å². The van der Waals surface area contributed by atoms with Crippen molar-refractivity contribution >= 4 is 23.4 Å². The Morgan fingerprint density at radius 2 is 1.71 bits per heavy atom. The fraction of sp³-hybridized carbons (Fsp3) is 0.0952. The molecule has 2 aromatic heterocycles.